The molecular weight excluding hydrogens is 246 g/mol. The number of carboxylic acid groups (broad SMARTS) is 1. The molecule has 0 aliphatic carbocycles. The molecule has 7 heteroatoms. The van der Waals surface area contributed by atoms with E-state index in [1.165, 1.54) is 0 Å². The number of carboxylic acids is 1. The van der Waals surface area contributed by atoms with Gasteiger partial charge in [-0.3, -0.25) is 9.59 Å². The molecule has 0 heterocycles. The van der Waals surface area contributed by atoms with Gasteiger partial charge < -0.3 is 10.4 Å². The lowest BCUT2D eigenvalue weighted by molar-refractivity contribution is -0.136. The quantitative estimate of drug-likeness (QED) is 0.645. The average molecular weight is 265 g/mol. The van der Waals surface area contributed by atoms with Gasteiger partial charge in [-0.15, -0.1) is 0 Å². The maximum absolute atomic E-state index is 11.5. The maximum atomic E-state index is 11.5. The minimum atomic E-state index is -3.19. The van der Waals surface area contributed by atoms with Crippen molar-refractivity contribution in [2.24, 2.45) is 5.92 Å². The summed E-state index contributed by atoms with van der Waals surface area (Å²) in [6.07, 6.45) is -0.279. The highest BCUT2D eigenvalue weighted by atomic mass is 32.2. The molecule has 0 spiro atoms. The van der Waals surface area contributed by atoms with Crippen molar-refractivity contribution >= 4 is 21.7 Å². The van der Waals surface area contributed by atoms with Gasteiger partial charge >= 0.3 is 5.97 Å². The van der Waals surface area contributed by atoms with Crippen LogP contribution in [0.15, 0.2) is 0 Å². The summed E-state index contributed by atoms with van der Waals surface area (Å²) in [6.45, 7) is 3.62. The van der Waals surface area contributed by atoms with E-state index in [4.69, 9.17) is 5.11 Å². The van der Waals surface area contributed by atoms with Crippen molar-refractivity contribution in [3.8, 4) is 0 Å². The molecule has 100 valence electrons. The largest absolute Gasteiger partial charge is 0.481 e. The third kappa shape index (κ3) is 9.80. The average Bonchev–Trinajstić information content (AvgIpc) is 2.12. The lowest BCUT2D eigenvalue weighted by Crippen LogP contribution is -2.28. The van der Waals surface area contributed by atoms with Crippen LogP contribution in [0.1, 0.15) is 26.7 Å². The minimum absolute atomic E-state index is 0.0262. The molecule has 0 unspecified atom stereocenters. The molecule has 0 aromatic heterocycles. The van der Waals surface area contributed by atoms with E-state index in [0.717, 1.165) is 0 Å². The van der Waals surface area contributed by atoms with Crippen molar-refractivity contribution in [2.45, 2.75) is 26.7 Å². The van der Waals surface area contributed by atoms with Gasteiger partial charge in [0.05, 0.1) is 17.9 Å². The van der Waals surface area contributed by atoms with E-state index in [1.54, 1.807) is 13.8 Å². The zero-order chi connectivity index (χ0) is 13.5. The first-order valence-electron chi connectivity index (χ1n) is 5.42. The van der Waals surface area contributed by atoms with Gasteiger partial charge in [0.15, 0.2) is 9.84 Å². The fraction of sp³-hybridized carbons (Fsp3) is 0.800. The Kier molecular flexibility index (Phi) is 6.79. The third-order valence-corrected chi connectivity index (χ3v) is 3.89. The molecule has 0 aliphatic heterocycles. The van der Waals surface area contributed by atoms with Crippen molar-refractivity contribution in [3.05, 3.63) is 0 Å². The fourth-order valence-corrected chi connectivity index (χ4v) is 2.92. The summed E-state index contributed by atoms with van der Waals surface area (Å²) in [5.41, 5.74) is 0. The monoisotopic (exact) mass is 265 g/mol. The standard InChI is InChI=1S/C10H19NO5S/c1-8(2)7-17(15,16)6-4-9(12)11-5-3-10(13)14/h8H,3-7H2,1-2H3,(H,11,12)(H,13,14). The number of carbonyl (C=O) groups is 2. The van der Waals surface area contributed by atoms with E-state index in [9.17, 15) is 18.0 Å². The van der Waals surface area contributed by atoms with E-state index in [-0.39, 0.29) is 36.8 Å². The Morgan fingerprint density at radius 2 is 1.82 bits per heavy atom. The van der Waals surface area contributed by atoms with Crippen LogP contribution in [-0.2, 0) is 19.4 Å². The zero-order valence-corrected chi connectivity index (χ0v) is 10.9. The Morgan fingerprint density at radius 1 is 1.24 bits per heavy atom. The Morgan fingerprint density at radius 3 is 2.29 bits per heavy atom. The molecule has 6 nitrogen and oxygen atoms in total. The Labute approximate surface area is 101 Å². The third-order valence-electron chi connectivity index (χ3n) is 1.89. The van der Waals surface area contributed by atoms with Crippen molar-refractivity contribution < 1.29 is 23.1 Å². The van der Waals surface area contributed by atoms with Gasteiger partial charge in [0.25, 0.3) is 0 Å². The molecular formula is C10H19NO5S. The number of hydrogen-bond donors (Lipinski definition) is 2. The molecule has 0 bridgehead atoms. The number of rotatable bonds is 8. The topological polar surface area (TPSA) is 101 Å². The molecule has 0 atom stereocenters. The Hall–Kier alpha value is -1.11. The zero-order valence-electron chi connectivity index (χ0n) is 10.1. The number of nitrogens with one attached hydrogen (secondary N) is 1. The van der Waals surface area contributed by atoms with Gasteiger partial charge in [-0.2, -0.15) is 0 Å². The van der Waals surface area contributed by atoms with Crippen LogP contribution in [0, 0.1) is 5.92 Å². The van der Waals surface area contributed by atoms with Crippen LogP contribution in [-0.4, -0.2) is 43.5 Å². The second-order valence-electron chi connectivity index (χ2n) is 4.25. The Bertz CT molecular complexity index is 361. The molecule has 0 radical (unpaired) electrons. The van der Waals surface area contributed by atoms with Crippen LogP contribution in [0.5, 0.6) is 0 Å². The molecule has 0 saturated carbocycles. The summed E-state index contributed by atoms with van der Waals surface area (Å²) >= 11 is 0. The highest BCUT2D eigenvalue weighted by Gasteiger charge is 2.15. The van der Waals surface area contributed by atoms with Crippen LogP contribution >= 0.6 is 0 Å². The summed E-state index contributed by atoms with van der Waals surface area (Å²) in [4.78, 5) is 21.4. The first-order valence-corrected chi connectivity index (χ1v) is 7.24. The highest BCUT2D eigenvalue weighted by molar-refractivity contribution is 7.91. The molecule has 0 aromatic carbocycles. The molecule has 2 N–H and O–H groups in total. The number of sulfone groups is 1. The van der Waals surface area contributed by atoms with E-state index in [2.05, 4.69) is 5.32 Å². The summed E-state index contributed by atoms with van der Waals surface area (Å²) in [5, 5.41) is 10.7. The summed E-state index contributed by atoms with van der Waals surface area (Å²) in [5.74, 6) is -1.52. The summed E-state index contributed by atoms with van der Waals surface area (Å²) < 4.78 is 22.9. The predicted octanol–water partition coefficient (Wildman–Crippen LogP) is 0.0382. The van der Waals surface area contributed by atoms with Gasteiger partial charge in [0, 0.05) is 13.0 Å². The number of aliphatic carboxylic acids is 1. The van der Waals surface area contributed by atoms with E-state index >= 15 is 0 Å². The second-order valence-corrected chi connectivity index (χ2v) is 6.48. The smallest absolute Gasteiger partial charge is 0.305 e. The first-order chi connectivity index (χ1) is 7.73. The minimum Gasteiger partial charge on any atom is -0.481 e. The van der Waals surface area contributed by atoms with E-state index in [1.807, 2.05) is 0 Å². The molecule has 1 amide bonds. The van der Waals surface area contributed by atoms with E-state index in [0.29, 0.717) is 0 Å². The van der Waals surface area contributed by atoms with E-state index < -0.39 is 21.7 Å². The molecule has 0 fully saturated rings. The molecule has 17 heavy (non-hydrogen) atoms. The van der Waals surface area contributed by atoms with Crippen LogP contribution < -0.4 is 5.32 Å². The van der Waals surface area contributed by atoms with Crippen LogP contribution in [0.2, 0.25) is 0 Å². The first kappa shape index (κ1) is 15.9. The molecule has 0 aromatic rings. The van der Waals surface area contributed by atoms with Crippen molar-refractivity contribution in [1.82, 2.24) is 5.32 Å². The number of hydrogen-bond acceptors (Lipinski definition) is 4. The van der Waals surface area contributed by atoms with Crippen LogP contribution in [0.25, 0.3) is 0 Å². The molecule has 0 saturated heterocycles. The van der Waals surface area contributed by atoms with Crippen molar-refractivity contribution in [1.29, 1.82) is 0 Å². The van der Waals surface area contributed by atoms with Gasteiger partial charge in [0.1, 0.15) is 0 Å². The summed E-state index contributed by atoms with van der Waals surface area (Å²) in [7, 11) is -3.19. The fourth-order valence-electron chi connectivity index (χ4n) is 1.24. The molecule has 0 rings (SSSR count). The number of carbonyl (C=O) groups excluding carboxylic acids is 1. The van der Waals surface area contributed by atoms with Gasteiger partial charge in [0.2, 0.25) is 5.91 Å². The maximum Gasteiger partial charge on any atom is 0.305 e. The lowest BCUT2D eigenvalue weighted by Gasteiger charge is -2.07. The predicted molar refractivity (Wildman–Crippen MR) is 63.4 cm³/mol. The van der Waals surface area contributed by atoms with Gasteiger partial charge in [-0.1, -0.05) is 13.8 Å². The van der Waals surface area contributed by atoms with Crippen LogP contribution in [0.4, 0.5) is 0 Å². The summed E-state index contributed by atoms with van der Waals surface area (Å²) in [6, 6.07) is 0. The van der Waals surface area contributed by atoms with Crippen molar-refractivity contribution in [3.63, 3.8) is 0 Å². The second kappa shape index (κ2) is 7.26. The molecule has 0 aliphatic rings. The Balaban J connectivity index is 3.87. The SMILES string of the molecule is CC(C)CS(=O)(=O)CCC(=O)NCCC(=O)O. The van der Waals surface area contributed by atoms with Crippen LogP contribution in [0.3, 0.4) is 0 Å². The lowest BCUT2D eigenvalue weighted by atomic mass is 10.3. The number of amides is 1. The van der Waals surface area contributed by atoms with Crippen molar-refractivity contribution in [2.75, 3.05) is 18.1 Å². The van der Waals surface area contributed by atoms with Gasteiger partial charge in [-0.05, 0) is 5.92 Å². The highest BCUT2D eigenvalue weighted by Crippen LogP contribution is 2.02. The van der Waals surface area contributed by atoms with Gasteiger partial charge in [-0.25, -0.2) is 8.42 Å². The normalized spacial score (nSPS) is 11.5.